The highest BCUT2D eigenvalue weighted by atomic mass is 15.2. The number of anilines is 1. The van der Waals surface area contributed by atoms with Gasteiger partial charge in [-0.25, -0.2) is 0 Å². The average Bonchev–Trinajstić information content (AvgIpc) is 2.58. The molecule has 2 unspecified atom stereocenters. The van der Waals surface area contributed by atoms with Crippen LogP contribution in [0.5, 0.6) is 0 Å². The van der Waals surface area contributed by atoms with Crippen LogP contribution >= 0.6 is 0 Å². The van der Waals surface area contributed by atoms with Gasteiger partial charge in [0.25, 0.3) is 0 Å². The summed E-state index contributed by atoms with van der Waals surface area (Å²) < 4.78 is 0. The van der Waals surface area contributed by atoms with Gasteiger partial charge in [0.1, 0.15) is 0 Å². The summed E-state index contributed by atoms with van der Waals surface area (Å²) in [5.41, 5.74) is 2.45. The maximum Gasteiger partial charge on any atom is 0.0400 e. The summed E-state index contributed by atoms with van der Waals surface area (Å²) in [6.45, 7) is 4.39. The minimum atomic E-state index is 0.695. The highest BCUT2D eigenvalue weighted by Crippen LogP contribution is 2.24. The molecule has 2 aliphatic rings. The Morgan fingerprint density at radius 1 is 1.31 bits per heavy atom. The maximum atomic E-state index is 4.26. The van der Waals surface area contributed by atoms with Gasteiger partial charge in [0.2, 0.25) is 0 Å². The molecule has 2 bridgehead atoms. The van der Waals surface area contributed by atoms with Crippen LogP contribution in [0, 0.1) is 6.92 Å². The fraction of sp³-hybridized carbons (Fsp3) is 0.615. The molecule has 2 saturated heterocycles. The number of hydrogen-bond donors (Lipinski definition) is 1. The number of pyridine rings is 1. The van der Waals surface area contributed by atoms with Crippen LogP contribution in [0.25, 0.3) is 0 Å². The van der Waals surface area contributed by atoms with Crippen molar-refractivity contribution in [1.82, 2.24) is 10.3 Å². The van der Waals surface area contributed by atoms with Crippen molar-refractivity contribution in [3.8, 4) is 0 Å². The molecule has 3 heteroatoms. The van der Waals surface area contributed by atoms with Crippen molar-refractivity contribution >= 4 is 5.69 Å². The summed E-state index contributed by atoms with van der Waals surface area (Å²) in [4.78, 5) is 6.77. The number of rotatable bonds is 1. The Bertz CT molecular complexity index is 377. The van der Waals surface area contributed by atoms with Gasteiger partial charge < -0.3 is 10.2 Å². The van der Waals surface area contributed by atoms with E-state index in [0.29, 0.717) is 6.04 Å². The molecule has 2 fully saturated rings. The number of nitrogens with one attached hydrogen (secondary N) is 1. The summed E-state index contributed by atoms with van der Waals surface area (Å²) >= 11 is 0. The second kappa shape index (κ2) is 4.06. The van der Waals surface area contributed by atoms with Crippen molar-refractivity contribution < 1.29 is 0 Å². The number of fused-ring (bicyclic) bond motifs is 2. The Hall–Kier alpha value is -1.09. The van der Waals surface area contributed by atoms with Gasteiger partial charge in [-0.2, -0.15) is 0 Å². The second-order valence-electron chi connectivity index (χ2n) is 5.03. The van der Waals surface area contributed by atoms with Crippen molar-refractivity contribution in [2.24, 2.45) is 0 Å². The number of aryl methyl sites for hydroxylation is 1. The van der Waals surface area contributed by atoms with Crippen LogP contribution in [-0.2, 0) is 0 Å². The number of nitrogens with zero attached hydrogens (tertiary/aromatic N) is 2. The monoisotopic (exact) mass is 217 g/mol. The highest BCUT2D eigenvalue weighted by Gasteiger charge is 2.29. The minimum Gasteiger partial charge on any atom is -0.370 e. The summed E-state index contributed by atoms with van der Waals surface area (Å²) in [6.07, 6.45) is 5.90. The van der Waals surface area contributed by atoms with Crippen molar-refractivity contribution in [2.75, 3.05) is 18.0 Å². The van der Waals surface area contributed by atoms with E-state index in [1.54, 1.807) is 0 Å². The smallest absolute Gasteiger partial charge is 0.0400 e. The third-order valence-corrected chi connectivity index (χ3v) is 3.77. The SMILES string of the molecule is Cc1cc(N2CCC3CCC(C2)N3)ccn1. The third kappa shape index (κ3) is 1.92. The molecule has 86 valence electrons. The van der Waals surface area contributed by atoms with Gasteiger partial charge in [0.15, 0.2) is 0 Å². The molecule has 0 aliphatic carbocycles. The molecular formula is C13H19N3. The lowest BCUT2D eigenvalue weighted by molar-refractivity contribution is 0.563. The normalized spacial score (nSPS) is 29.2. The zero-order valence-electron chi connectivity index (χ0n) is 9.82. The van der Waals surface area contributed by atoms with Crippen LogP contribution in [0.3, 0.4) is 0 Å². The molecule has 2 atom stereocenters. The molecule has 0 spiro atoms. The molecule has 3 rings (SSSR count). The van der Waals surface area contributed by atoms with Crippen molar-refractivity contribution in [1.29, 1.82) is 0 Å². The molecule has 16 heavy (non-hydrogen) atoms. The first-order valence-corrected chi connectivity index (χ1v) is 6.25. The van der Waals surface area contributed by atoms with Gasteiger partial charge in [-0.05, 0) is 38.3 Å². The molecule has 1 aromatic rings. The van der Waals surface area contributed by atoms with Crippen molar-refractivity contribution in [2.45, 2.75) is 38.3 Å². The van der Waals surface area contributed by atoms with E-state index in [9.17, 15) is 0 Å². The molecule has 3 nitrogen and oxygen atoms in total. The highest BCUT2D eigenvalue weighted by molar-refractivity contribution is 5.47. The molecule has 3 heterocycles. The van der Waals surface area contributed by atoms with E-state index in [-0.39, 0.29) is 0 Å². The quantitative estimate of drug-likeness (QED) is 0.776. The minimum absolute atomic E-state index is 0.695. The second-order valence-corrected chi connectivity index (χ2v) is 5.03. The average molecular weight is 217 g/mol. The topological polar surface area (TPSA) is 28.2 Å². The maximum absolute atomic E-state index is 4.26. The molecular weight excluding hydrogens is 198 g/mol. The first kappa shape index (κ1) is 10.1. The van der Waals surface area contributed by atoms with Crippen molar-refractivity contribution in [3.63, 3.8) is 0 Å². The molecule has 0 aromatic carbocycles. The first-order chi connectivity index (χ1) is 7.81. The van der Waals surface area contributed by atoms with E-state index >= 15 is 0 Å². The number of aromatic nitrogens is 1. The largest absolute Gasteiger partial charge is 0.370 e. The molecule has 0 radical (unpaired) electrons. The Morgan fingerprint density at radius 2 is 2.19 bits per heavy atom. The van der Waals surface area contributed by atoms with Crippen LogP contribution in [-0.4, -0.2) is 30.2 Å². The van der Waals surface area contributed by atoms with Crippen molar-refractivity contribution in [3.05, 3.63) is 24.0 Å². The predicted molar refractivity (Wildman–Crippen MR) is 65.7 cm³/mol. The van der Waals surface area contributed by atoms with Crippen LogP contribution in [0.4, 0.5) is 5.69 Å². The Morgan fingerprint density at radius 3 is 3.06 bits per heavy atom. The Labute approximate surface area is 96.9 Å². The lowest BCUT2D eigenvalue weighted by Gasteiger charge is -2.26. The lowest BCUT2D eigenvalue weighted by Crippen LogP contribution is -2.35. The van der Waals surface area contributed by atoms with Crippen LogP contribution in [0.1, 0.15) is 25.0 Å². The third-order valence-electron chi connectivity index (χ3n) is 3.77. The van der Waals surface area contributed by atoms with Gasteiger partial charge in [0, 0.05) is 42.8 Å². The summed E-state index contributed by atoms with van der Waals surface area (Å²) in [6, 6.07) is 5.78. The van der Waals surface area contributed by atoms with E-state index in [1.807, 2.05) is 6.20 Å². The summed E-state index contributed by atoms with van der Waals surface area (Å²) in [7, 11) is 0. The van der Waals surface area contributed by atoms with E-state index in [2.05, 4.69) is 34.3 Å². The van der Waals surface area contributed by atoms with E-state index in [0.717, 1.165) is 18.3 Å². The fourth-order valence-corrected chi connectivity index (χ4v) is 2.90. The van der Waals surface area contributed by atoms with Crippen LogP contribution < -0.4 is 10.2 Å². The Kier molecular flexibility index (Phi) is 2.56. The number of hydrogen-bond acceptors (Lipinski definition) is 3. The predicted octanol–water partition coefficient (Wildman–Crippen LogP) is 1.72. The first-order valence-electron chi connectivity index (χ1n) is 6.25. The van der Waals surface area contributed by atoms with E-state index in [4.69, 9.17) is 0 Å². The zero-order valence-corrected chi connectivity index (χ0v) is 9.82. The van der Waals surface area contributed by atoms with Gasteiger partial charge in [0.05, 0.1) is 0 Å². The van der Waals surface area contributed by atoms with E-state index in [1.165, 1.54) is 31.5 Å². The Balaban J connectivity index is 1.79. The van der Waals surface area contributed by atoms with E-state index < -0.39 is 0 Å². The molecule has 1 N–H and O–H groups in total. The van der Waals surface area contributed by atoms with Crippen LogP contribution in [0.15, 0.2) is 18.3 Å². The van der Waals surface area contributed by atoms with Gasteiger partial charge >= 0.3 is 0 Å². The van der Waals surface area contributed by atoms with Gasteiger partial charge in [-0.15, -0.1) is 0 Å². The summed E-state index contributed by atoms with van der Waals surface area (Å²) in [5.74, 6) is 0. The standard InChI is InChI=1S/C13H19N3/c1-10-8-13(4-6-14-10)16-7-5-11-2-3-12(9-16)15-11/h4,6,8,11-12,15H,2-3,5,7,9H2,1H3. The molecule has 2 aliphatic heterocycles. The van der Waals surface area contributed by atoms with Gasteiger partial charge in [-0.1, -0.05) is 0 Å². The zero-order chi connectivity index (χ0) is 11.0. The van der Waals surface area contributed by atoms with Gasteiger partial charge in [-0.3, -0.25) is 4.98 Å². The summed E-state index contributed by atoms with van der Waals surface area (Å²) in [5, 5.41) is 3.71. The fourth-order valence-electron chi connectivity index (χ4n) is 2.90. The molecule has 1 aromatic heterocycles. The van der Waals surface area contributed by atoms with Crippen LogP contribution in [0.2, 0.25) is 0 Å². The lowest BCUT2D eigenvalue weighted by atomic mass is 10.1. The molecule has 0 amide bonds. The molecule has 0 saturated carbocycles.